The number of fused-ring (bicyclic) bond motifs is 3. The van der Waals surface area contributed by atoms with Gasteiger partial charge in [-0.25, -0.2) is 9.97 Å². The van der Waals surface area contributed by atoms with E-state index in [0.29, 0.717) is 0 Å². The number of aromatic nitrogens is 3. The minimum Gasteiger partial charge on any atom is -0.345 e. The fraction of sp³-hybridized carbons (Fsp3) is 0.500. The monoisotopic (exact) mass is 394 g/mol. The topological polar surface area (TPSA) is 46.4 Å². The SMILES string of the molecule is CC[NH+]1CCN(c2nc(-c3cccnc3)nc3sc4c(c23)CC[C@H](C)C4)CC1. The average molecular weight is 395 g/mol. The molecule has 1 aliphatic carbocycles. The molecule has 1 N–H and O–H groups in total. The van der Waals surface area contributed by atoms with Crippen molar-refractivity contribution in [2.24, 2.45) is 5.92 Å². The van der Waals surface area contributed by atoms with Gasteiger partial charge >= 0.3 is 0 Å². The zero-order chi connectivity index (χ0) is 19.1. The second kappa shape index (κ2) is 7.41. The van der Waals surface area contributed by atoms with Crippen molar-refractivity contribution in [3.63, 3.8) is 0 Å². The minimum atomic E-state index is 0.770. The van der Waals surface area contributed by atoms with Gasteiger partial charge in [0.05, 0.1) is 38.1 Å². The summed E-state index contributed by atoms with van der Waals surface area (Å²) in [5.74, 6) is 2.74. The number of aryl methyl sites for hydroxylation is 1. The molecular weight excluding hydrogens is 366 g/mol. The Bertz CT molecular complexity index is 976. The molecule has 0 amide bonds. The third-order valence-electron chi connectivity index (χ3n) is 6.33. The van der Waals surface area contributed by atoms with Crippen LogP contribution in [0.5, 0.6) is 0 Å². The van der Waals surface area contributed by atoms with Crippen molar-refractivity contribution in [1.82, 2.24) is 15.0 Å². The van der Waals surface area contributed by atoms with E-state index in [2.05, 4.69) is 29.8 Å². The Balaban J connectivity index is 1.65. The molecular formula is C22H28N5S+. The normalized spacial score (nSPS) is 20.5. The van der Waals surface area contributed by atoms with Crippen LogP contribution in [0.25, 0.3) is 21.6 Å². The van der Waals surface area contributed by atoms with Crippen LogP contribution in [-0.4, -0.2) is 47.7 Å². The Morgan fingerprint density at radius 3 is 2.86 bits per heavy atom. The summed E-state index contributed by atoms with van der Waals surface area (Å²) in [6.45, 7) is 10.4. The molecule has 5 nitrogen and oxygen atoms in total. The second-order valence-electron chi connectivity index (χ2n) is 8.24. The van der Waals surface area contributed by atoms with Crippen LogP contribution in [0.2, 0.25) is 0 Å². The Morgan fingerprint density at radius 2 is 2.11 bits per heavy atom. The van der Waals surface area contributed by atoms with Gasteiger partial charge < -0.3 is 9.80 Å². The first-order valence-corrected chi connectivity index (χ1v) is 11.4. The van der Waals surface area contributed by atoms with Gasteiger partial charge in [-0.1, -0.05) is 6.92 Å². The number of quaternary nitrogens is 1. The molecule has 1 atom stereocenters. The molecule has 0 radical (unpaired) electrons. The van der Waals surface area contributed by atoms with Crippen molar-refractivity contribution in [3.05, 3.63) is 35.0 Å². The number of thiophene rings is 1. The molecule has 0 saturated carbocycles. The molecule has 5 rings (SSSR count). The van der Waals surface area contributed by atoms with Gasteiger partial charge in [0.2, 0.25) is 0 Å². The lowest BCUT2D eigenvalue weighted by Crippen LogP contribution is -3.14. The lowest BCUT2D eigenvalue weighted by Gasteiger charge is -2.33. The summed E-state index contributed by atoms with van der Waals surface area (Å²) >= 11 is 1.89. The van der Waals surface area contributed by atoms with Crippen LogP contribution in [-0.2, 0) is 12.8 Å². The largest absolute Gasteiger partial charge is 0.345 e. The zero-order valence-electron chi connectivity index (χ0n) is 16.7. The Labute approximate surface area is 170 Å². The number of likely N-dealkylation sites (N-methyl/N-ethyl adjacent to an activating group) is 1. The average Bonchev–Trinajstić information content (AvgIpc) is 3.11. The third-order valence-corrected chi connectivity index (χ3v) is 7.47. The highest BCUT2D eigenvalue weighted by atomic mass is 32.1. The summed E-state index contributed by atoms with van der Waals surface area (Å²) in [5, 5.41) is 1.33. The molecule has 1 fully saturated rings. The molecule has 4 heterocycles. The number of hydrogen-bond acceptors (Lipinski definition) is 5. The quantitative estimate of drug-likeness (QED) is 0.742. The van der Waals surface area contributed by atoms with Crippen LogP contribution in [0.3, 0.4) is 0 Å². The smallest absolute Gasteiger partial charge is 0.164 e. The summed E-state index contributed by atoms with van der Waals surface area (Å²) in [6.07, 6.45) is 7.31. The molecule has 0 unspecified atom stereocenters. The van der Waals surface area contributed by atoms with Gasteiger partial charge in [0, 0.05) is 22.8 Å². The van der Waals surface area contributed by atoms with Crippen LogP contribution < -0.4 is 9.80 Å². The van der Waals surface area contributed by atoms with E-state index < -0.39 is 0 Å². The lowest BCUT2D eigenvalue weighted by atomic mass is 9.89. The number of piperazine rings is 1. The van der Waals surface area contributed by atoms with E-state index in [4.69, 9.17) is 9.97 Å². The molecule has 3 aromatic rings. The minimum absolute atomic E-state index is 0.770. The first-order chi connectivity index (χ1) is 13.7. The number of rotatable bonds is 3. The van der Waals surface area contributed by atoms with E-state index >= 15 is 0 Å². The molecule has 1 aliphatic heterocycles. The highest BCUT2D eigenvalue weighted by Crippen LogP contribution is 2.41. The van der Waals surface area contributed by atoms with Gasteiger partial charge in [-0.2, -0.15) is 0 Å². The summed E-state index contributed by atoms with van der Waals surface area (Å²) in [6, 6.07) is 4.03. The first-order valence-electron chi connectivity index (χ1n) is 10.5. The molecule has 146 valence electrons. The predicted octanol–water partition coefficient (Wildman–Crippen LogP) is 2.60. The van der Waals surface area contributed by atoms with E-state index in [1.165, 1.54) is 54.7 Å². The Morgan fingerprint density at radius 1 is 1.25 bits per heavy atom. The van der Waals surface area contributed by atoms with E-state index in [1.54, 1.807) is 11.1 Å². The number of hydrogen-bond donors (Lipinski definition) is 1. The summed E-state index contributed by atoms with van der Waals surface area (Å²) in [5.41, 5.74) is 2.53. The molecule has 3 aromatic heterocycles. The highest BCUT2D eigenvalue weighted by molar-refractivity contribution is 7.19. The van der Waals surface area contributed by atoms with Gasteiger partial charge in [-0.15, -0.1) is 11.3 Å². The van der Waals surface area contributed by atoms with Gasteiger partial charge in [0.1, 0.15) is 10.6 Å². The Kier molecular flexibility index (Phi) is 4.77. The van der Waals surface area contributed by atoms with E-state index in [1.807, 2.05) is 23.6 Å². The maximum Gasteiger partial charge on any atom is 0.164 e. The second-order valence-corrected chi connectivity index (χ2v) is 9.32. The summed E-state index contributed by atoms with van der Waals surface area (Å²) in [4.78, 5) is 21.3. The van der Waals surface area contributed by atoms with Crippen LogP contribution >= 0.6 is 11.3 Å². The maximum atomic E-state index is 5.12. The molecule has 0 bridgehead atoms. The van der Waals surface area contributed by atoms with Crippen molar-refractivity contribution in [3.8, 4) is 11.4 Å². The number of nitrogens with one attached hydrogen (secondary N) is 1. The number of pyridine rings is 1. The van der Waals surface area contributed by atoms with Gasteiger partial charge in [-0.05, 0) is 49.8 Å². The van der Waals surface area contributed by atoms with Crippen molar-refractivity contribution >= 4 is 27.4 Å². The van der Waals surface area contributed by atoms with Gasteiger partial charge in [-0.3, -0.25) is 4.98 Å². The standard InChI is InChI=1S/C22H27N5S/c1-3-26-9-11-27(12-10-26)21-19-17-7-6-15(2)13-18(17)28-22(19)25-20(24-21)16-5-4-8-23-14-16/h4-5,8,14-15H,3,6-7,9-13H2,1-2H3/p+1/t15-/m0/s1. The zero-order valence-corrected chi connectivity index (χ0v) is 17.6. The number of nitrogens with zero attached hydrogens (tertiary/aromatic N) is 4. The van der Waals surface area contributed by atoms with Crippen molar-refractivity contribution in [1.29, 1.82) is 0 Å². The maximum absolute atomic E-state index is 5.12. The molecule has 1 saturated heterocycles. The fourth-order valence-corrected chi connectivity index (χ4v) is 5.94. The van der Waals surface area contributed by atoms with Crippen LogP contribution in [0, 0.1) is 5.92 Å². The van der Waals surface area contributed by atoms with Gasteiger partial charge in [0.15, 0.2) is 5.82 Å². The fourth-order valence-electron chi connectivity index (χ4n) is 4.56. The van der Waals surface area contributed by atoms with E-state index in [-0.39, 0.29) is 0 Å². The van der Waals surface area contributed by atoms with Crippen LogP contribution in [0.15, 0.2) is 24.5 Å². The highest BCUT2D eigenvalue weighted by Gasteiger charge is 2.28. The molecule has 0 spiro atoms. The van der Waals surface area contributed by atoms with Crippen LogP contribution in [0.4, 0.5) is 5.82 Å². The molecule has 28 heavy (non-hydrogen) atoms. The number of anilines is 1. The van der Waals surface area contributed by atoms with Crippen molar-refractivity contribution in [2.75, 3.05) is 37.6 Å². The van der Waals surface area contributed by atoms with Crippen LogP contribution in [0.1, 0.15) is 30.7 Å². The van der Waals surface area contributed by atoms with Gasteiger partial charge in [0.25, 0.3) is 0 Å². The summed E-state index contributed by atoms with van der Waals surface area (Å²) in [7, 11) is 0. The van der Waals surface area contributed by atoms with Crippen molar-refractivity contribution in [2.45, 2.75) is 33.1 Å². The molecule has 6 heteroatoms. The summed E-state index contributed by atoms with van der Waals surface area (Å²) < 4.78 is 0. The van der Waals surface area contributed by atoms with Crippen molar-refractivity contribution < 1.29 is 4.90 Å². The Hall–Kier alpha value is -2.05. The van der Waals surface area contributed by atoms with E-state index in [0.717, 1.165) is 41.0 Å². The van der Waals surface area contributed by atoms with E-state index in [9.17, 15) is 0 Å². The molecule has 0 aromatic carbocycles. The first kappa shape index (κ1) is 18.0. The molecule has 2 aliphatic rings. The third kappa shape index (κ3) is 3.18. The predicted molar refractivity (Wildman–Crippen MR) is 115 cm³/mol. The lowest BCUT2D eigenvalue weighted by molar-refractivity contribution is -0.898.